The Balaban J connectivity index is 2.19. The first kappa shape index (κ1) is 10.8. The van der Waals surface area contributed by atoms with Crippen LogP contribution in [0.5, 0.6) is 0 Å². The van der Waals surface area contributed by atoms with Crippen LogP contribution in [0.2, 0.25) is 0 Å². The highest BCUT2D eigenvalue weighted by molar-refractivity contribution is 5.72. The predicted octanol–water partition coefficient (Wildman–Crippen LogP) is 3.02. The number of aryl methyl sites for hydroxylation is 1. The van der Waals surface area contributed by atoms with Gasteiger partial charge < -0.3 is 4.74 Å². The molecule has 76 valence electrons. The summed E-state index contributed by atoms with van der Waals surface area (Å²) in [6, 6.07) is 10.3. The molecule has 0 radical (unpaired) electrons. The summed E-state index contributed by atoms with van der Waals surface area (Å²) in [4.78, 5) is 0. The molecule has 2 nitrogen and oxygen atoms in total. The Bertz CT molecular complexity index is 269. The van der Waals surface area contributed by atoms with Crippen molar-refractivity contribution in [3.05, 3.63) is 35.9 Å². The first-order chi connectivity index (χ1) is 6.83. The van der Waals surface area contributed by atoms with Crippen LogP contribution in [0.3, 0.4) is 0 Å². The molecule has 2 heteroatoms. The predicted molar refractivity (Wildman–Crippen MR) is 58.7 cm³/mol. The lowest BCUT2D eigenvalue weighted by atomic mass is 10.1. The molecule has 1 rings (SSSR count). The van der Waals surface area contributed by atoms with E-state index < -0.39 is 0 Å². The van der Waals surface area contributed by atoms with Crippen LogP contribution < -0.4 is 0 Å². The summed E-state index contributed by atoms with van der Waals surface area (Å²) in [7, 11) is 0. The van der Waals surface area contributed by atoms with Crippen molar-refractivity contribution in [3.8, 4) is 0 Å². The highest BCUT2D eigenvalue weighted by atomic mass is 16.5. The minimum atomic E-state index is 0.406. The summed E-state index contributed by atoms with van der Waals surface area (Å²) in [5.41, 5.74) is 1.33. The summed E-state index contributed by atoms with van der Waals surface area (Å²) in [6.07, 6.45) is 2.75. The summed E-state index contributed by atoms with van der Waals surface area (Å²) in [6.45, 7) is 2.51. The zero-order valence-corrected chi connectivity index (χ0v) is 8.62. The first-order valence-corrected chi connectivity index (χ1v) is 5.07. The van der Waals surface area contributed by atoms with Crippen LogP contribution in [0.4, 0.5) is 0 Å². The molecule has 0 saturated heterocycles. The lowest BCUT2D eigenvalue weighted by Gasteiger charge is -2.04. The molecule has 0 heterocycles. The molecule has 14 heavy (non-hydrogen) atoms. The van der Waals surface area contributed by atoms with Crippen LogP contribution in [0.15, 0.2) is 30.3 Å². The summed E-state index contributed by atoms with van der Waals surface area (Å²) in [5, 5.41) is 7.43. The van der Waals surface area contributed by atoms with Gasteiger partial charge in [-0.05, 0) is 25.3 Å². The van der Waals surface area contributed by atoms with Crippen molar-refractivity contribution in [1.82, 2.24) is 0 Å². The van der Waals surface area contributed by atoms with Gasteiger partial charge in [0, 0.05) is 6.42 Å². The normalized spacial score (nSPS) is 9.79. The summed E-state index contributed by atoms with van der Waals surface area (Å²) >= 11 is 0. The summed E-state index contributed by atoms with van der Waals surface area (Å²) < 4.78 is 5.06. The molecule has 0 amide bonds. The number of rotatable bonds is 5. The molecular formula is C12H17NO. The van der Waals surface area contributed by atoms with Gasteiger partial charge in [0.2, 0.25) is 0 Å². The van der Waals surface area contributed by atoms with Crippen LogP contribution in [0.1, 0.15) is 25.3 Å². The van der Waals surface area contributed by atoms with Gasteiger partial charge in [0.15, 0.2) is 5.90 Å². The Labute approximate surface area is 85.4 Å². The van der Waals surface area contributed by atoms with Crippen molar-refractivity contribution in [2.75, 3.05) is 6.61 Å². The van der Waals surface area contributed by atoms with E-state index in [1.54, 1.807) is 0 Å². The zero-order chi connectivity index (χ0) is 10.2. The fourth-order valence-corrected chi connectivity index (χ4v) is 1.34. The van der Waals surface area contributed by atoms with E-state index in [2.05, 4.69) is 12.1 Å². The SMILES string of the molecule is CCOC(=[15NH])CCCc1ccccc1. The van der Waals surface area contributed by atoms with Gasteiger partial charge in [0.25, 0.3) is 0 Å². The molecule has 0 spiro atoms. The lowest BCUT2D eigenvalue weighted by Crippen LogP contribution is -2.02. The standard InChI is InChI=1S/C12H17NO/c1-2-14-12(13)10-6-9-11-7-4-3-5-8-11/h3-5,7-8,13H,2,6,9-10H2,1H3/i13+1. The third kappa shape index (κ3) is 4.08. The van der Waals surface area contributed by atoms with E-state index in [4.69, 9.17) is 10.1 Å². The molecule has 0 saturated carbocycles. The lowest BCUT2D eigenvalue weighted by molar-refractivity contribution is 0.313. The fraction of sp³-hybridized carbons (Fsp3) is 0.417. The largest absolute Gasteiger partial charge is 0.481 e. The Kier molecular flexibility index (Phi) is 4.76. The average Bonchev–Trinajstić information content (AvgIpc) is 2.20. The van der Waals surface area contributed by atoms with Crippen molar-refractivity contribution in [1.29, 1.82) is 5.41 Å². The van der Waals surface area contributed by atoms with Crippen molar-refractivity contribution >= 4 is 5.90 Å². The molecule has 1 aromatic carbocycles. The summed E-state index contributed by atoms with van der Waals surface area (Å²) in [5.74, 6) is 0.406. The van der Waals surface area contributed by atoms with Crippen molar-refractivity contribution in [2.45, 2.75) is 26.2 Å². The van der Waals surface area contributed by atoms with Gasteiger partial charge in [0.1, 0.15) is 0 Å². The topological polar surface area (TPSA) is 33.1 Å². The quantitative estimate of drug-likeness (QED) is 0.434. The van der Waals surface area contributed by atoms with Gasteiger partial charge in [-0.3, -0.25) is 5.41 Å². The van der Waals surface area contributed by atoms with Crippen LogP contribution in [0, 0.1) is 5.41 Å². The number of nitrogens with one attached hydrogen (secondary N) is 1. The van der Waals surface area contributed by atoms with Gasteiger partial charge in [0.05, 0.1) is 6.61 Å². The minimum Gasteiger partial charge on any atom is -0.481 e. The molecule has 0 aliphatic carbocycles. The first-order valence-electron chi connectivity index (χ1n) is 5.07. The van der Waals surface area contributed by atoms with E-state index >= 15 is 0 Å². The van der Waals surface area contributed by atoms with Crippen LogP contribution in [-0.4, -0.2) is 12.5 Å². The highest BCUT2D eigenvalue weighted by Crippen LogP contribution is 2.05. The monoisotopic (exact) mass is 192 g/mol. The van der Waals surface area contributed by atoms with Crippen molar-refractivity contribution in [3.63, 3.8) is 0 Å². The molecule has 0 atom stereocenters. The van der Waals surface area contributed by atoms with Gasteiger partial charge in [-0.2, -0.15) is 0 Å². The van der Waals surface area contributed by atoms with Crippen molar-refractivity contribution < 1.29 is 4.74 Å². The van der Waals surface area contributed by atoms with Crippen LogP contribution in [-0.2, 0) is 11.2 Å². The minimum absolute atomic E-state index is 0.406. The second kappa shape index (κ2) is 6.19. The van der Waals surface area contributed by atoms with Gasteiger partial charge in [-0.1, -0.05) is 30.3 Å². The smallest absolute Gasteiger partial charge is 0.180 e. The molecule has 0 aliphatic rings. The molecule has 0 aromatic heterocycles. The number of hydrogen-bond donors (Lipinski definition) is 1. The average molecular weight is 192 g/mol. The van der Waals surface area contributed by atoms with E-state index in [1.165, 1.54) is 5.56 Å². The highest BCUT2D eigenvalue weighted by Gasteiger charge is 1.97. The number of benzene rings is 1. The maximum absolute atomic E-state index is 7.43. The van der Waals surface area contributed by atoms with E-state index in [0.29, 0.717) is 12.5 Å². The van der Waals surface area contributed by atoms with E-state index in [9.17, 15) is 0 Å². The molecule has 0 fully saturated rings. The number of ether oxygens (including phenoxy) is 1. The molecule has 0 aliphatic heterocycles. The second-order valence-corrected chi connectivity index (χ2v) is 3.20. The molecule has 1 N–H and O–H groups in total. The van der Waals surface area contributed by atoms with Crippen LogP contribution in [0.25, 0.3) is 0 Å². The molecule has 0 unspecified atom stereocenters. The molecule has 0 bridgehead atoms. The molecule has 1 aromatic rings. The number of hydrogen-bond acceptors (Lipinski definition) is 2. The van der Waals surface area contributed by atoms with Gasteiger partial charge in [-0.25, -0.2) is 0 Å². The van der Waals surface area contributed by atoms with Gasteiger partial charge >= 0.3 is 0 Å². The Morgan fingerprint density at radius 2 is 2.00 bits per heavy atom. The van der Waals surface area contributed by atoms with Gasteiger partial charge in [-0.15, -0.1) is 0 Å². The van der Waals surface area contributed by atoms with Crippen molar-refractivity contribution in [2.24, 2.45) is 0 Å². The second-order valence-electron chi connectivity index (χ2n) is 3.20. The van der Waals surface area contributed by atoms with E-state index in [1.807, 2.05) is 25.1 Å². The fourth-order valence-electron chi connectivity index (χ4n) is 1.34. The Hall–Kier alpha value is -1.31. The van der Waals surface area contributed by atoms with E-state index in [-0.39, 0.29) is 0 Å². The maximum atomic E-state index is 7.43. The Morgan fingerprint density at radius 1 is 1.29 bits per heavy atom. The third-order valence-electron chi connectivity index (χ3n) is 2.03. The third-order valence-corrected chi connectivity index (χ3v) is 2.03. The molecular weight excluding hydrogens is 175 g/mol. The van der Waals surface area contributed by atoms with E-state index in [0.717, 1.165) is 19.3 Å². The van der Waals surface area contributed by atoms with Crippen LogP contribution >= 0.6 is 0 Å². The zero-order valence-electron chi connectivity index (χ0n) is 8.62. The maximum Gasteiger partial charge on any atom is 0.180 e. The Morgan fingerprint density at radius 3 is 2.64 bits per heavy atom.